The van der Waals surface area contributed by atoms with Gasteiger partial charge in [0.2, 0.25) is 0 Å². The summed E-state index contributed by atoms with van der Waals surface area (Å²) in [4.78, 5) is 45.9. The molecule has 1 aliphatic rings. The highest BCUT2D eigenvalue weighted by Gasteiger charge is 2.57. The van der Waals surface area contributed by atoms with Crippen LogP contribution in [0.25, 0.3) is 5.57 Å². The summed E-state index contributed by atoms with van der Waals surface area (Å²) in [6.45, 7) is 0. The van der Waals surface area contributed by atoms with Gasteiger partial charge in [-0.15, -0.1) is 0 Å². The highest BCUT2D eigenvalue weighted by atomic mass is 16.4. The number of allylic oxidation sites excluding steroid dienone is 2. The Morgan fingerprint density at radius 1 is 0.958 bits per heavy atom. The number of aromatic carboxylic acids is 1. The van der Waals surface area contributed by atoms with Crippen molar-refractivity contribution in [3.8, 4) is 0 Å². The van der Waals surface area contributed by atoms with Crippen LogP contribution >= 0.6 is 0 Å². The number of aliphatic carboxylic acids is 3. The molecule has 0 bridgehead atoms. The molecule has 0 spiro atoms. The Hall–Kier alpha value is -3.42. The van der Waals surface area contributed by atoms with E-state index in [1.807, 2.05) is 0 Å². The van der Waals surface area contributed by atoms with Crippen LogP contribution in [-0.4, -0.2) is 44.3 Å². The van der Waals surface area contributed by atoms with Gasteiger partial charge in [0.15, 0.2) is 5.41 Å². The molecule has 8 nitrogen and oxygen atoms in total. The Morgan fingerprint density at radius 3 is 2.08 bits per heavy atom. The maximum Gasteiger partial charge on any atom is 0.335 e. The average Bonchev–Trinajstić information content (AvgIpc) is 2.53. The van der Waals surface area contributed by atoms with Crippen molar-refractivity contribution in [2.45, 2.75) is 0 Å². The van der Waals surface area contributed by atoms with Crippen molar-refractivity contribution >= 4 is 29.5 Å². The molecule has 0 aliphatic heterocycles. The molecule has 1 aliphatic carbocycles. The van der Waals surface area contributed by atoms with E-state index in [0.29, 0.717) is 0 Å². The van der Waals surface area contributed by atoms with Crippen LogP contribution in [0.1, 0.15) is 15.9 Å². The van der Waals surface area contributed by atoms with Gasteiger partial charge in [-0.2, -0.15) is 0 Å². The van der Waals surface area contributed by atoms with Crippen LogP contribution in [-0.2, 0) is 14.4 Å². The maximum absolute atomic E-state index is 11.7. The smallest absolute Gasteiger partial charge is 0.335 e. The molecule has 0 saturated carbocycles. The Kier molecular flexibility index (Phi) is 4.23. The van der Waals surface area contributed by atoms with Gasteiger partial charge in [0, 0.05) is 0 Å². The van der Waals surface area contributed by atoms with Gasteiger partial charge in [-0.25, -0.2) is 4.79 Å². The second kappa shape index (κ2) is 5.99. The van der Waals surface area contributed by atoms with E-state index in [1.165, 1.54) is 24.3 Å². The SMILES string of the molecule is O=C(O)c1cccc(C2=CC=CC(C(=O)O)(C(=O)O)C2C(=O)O)c1. The van der Waals surface area contributed by atoms with Crippen LogP contribution in [0.2, 0.25) is 0 Å². The van der Waals surface area contributed by atoms with E-state index < -0.39 is 35.2 Å². The number of carboxylic acid groups (broad SMARTS) is 4. The molecular weight excluding hydrogens is 320 g/mol. The number of hydrogen-bond donors (Lipinski definition) is 4. The fraction of sp³-hybridized carbons (Fsp3) is 0.125. The van der Waals surface area contributed by atoms with E-state index >= 15 is 0 Å². The zero-order chi connectivity index (χ0) is 18.1. The summed E-state index contributed by atoms with van der Waals surface area (Å²) in [6.07, 6.45) is 3.22. The molecule has 0 heterocycles. The zero-order valence-corrected chi connectivity index (χ0v) is 12.0. The summed E-state index contributed by atoms with van der Waals surface area (Å²) in [7, 11) is 0. The Morgan fingerprint density at radius 2 is 1.58 bits per heavy atom. The van der Waals surface area contributed by atoms with Gasteiger partial charge in [0.05, 0.1) is 5.56 Å². The number of hydrogen-bond acceptors (Lipinski definition) is 4. The van der Waals surface area contributed by atoms with Crippen molar-refractivity contribution in [2.24, 2.45) is 11.3 Å². The quantitative estimate of drug-likeness (QED) is 0.587. The number of carbonyl (C=O) groups is 4. The third-order valence-electron chi connectivity index (χ3n) is 3.80. The van der Waals surface area contributed by atoms with Crippen molar-refractivity contribution in [2.75, 3.05) is 0 Å². The van der Waals surface area contributed by atoms with Gasteiger partial charge in [0.1, 0.15) is 5.92 Å². The molecular formula is C16H12O8. The topological polar surface area (TPSA) is 149 Å². The molecule has 1 atom stereocenters. The second-order valence-corrected chi connectivity index (χ2v) is 5.12. The third kappa shape index (κ3) is 2.54. The van der Waals surface area contributed by atoms with Gasteiger partial charge < -0.3 is 20.4 Å². The highest BCUT2D eigenvalue weighted by Crippen LogP contribution is 2.43. The summed E-state index contributed by atoms with van der Waals surface area (Å²) < 4.78 is 0. The molecule has 0 amide bonds. The summed E-state index contributed by atoms with van der Waals surface area (Å²) in [5, 5.41) is 37.2. The highest BCUT2D eigenvalue weighted by molar-refractivity contribution is 6.09. The van der Waals surface area contributed by atoms with Gasteiger partial charge in [0.25, 0.3) is 0 Å². The number of carboxylic acids is 4. The van der Waals surface area contributed by atoms with E-state index in [2.05, 4.69) is 0 Å². The minimum atomic E-state index is -2.69. The lowest BCUT2D eigenvalue weighted by Gasteiger charge is -2.32. The molecule has 24 heavy (non-hydrogen) atoms. The lowest BCUT2D eigenvalue weighted by atomic mass is 9.67. The second-order valence-electron chi connectivity index (χ2n) is 5.12. The number of benzene rings is 1. The summed E-state index contributed by atoms with van der Waals surface area (Å²) in [5.74, 6) is -8.45. The molecule has 0 saturated heterocycles. The maximum atomic E-state index is 11.7. The van der Waals surface area contributed by atoms with E-state index in [-0.39, 0.29) is 16.7 Å². The van der Waals surface area contributed by atoms with Crippen LogP contribution in [0.15, 0.2) is 42.5 Å². The fourth-order valence-corrected chi connectivity index (χ4v) is 2.64. The Bertz CT molecular complexity index is 788. The normalized spacial score (nSPS) is 18.5. The molecule has 1 aromatic carbocycles. The van der Waals surface area contributed by atoms with Gasteiger partial charge >= 0.3 is 23.9 Å². The summed E-state index contributed by atoms with van der Waals surface area (Å²) in [6, 6.07) is 5.20. The molecule has 124 valence electrons. The third-order valence-corrected chi connectivity index (χ3v) is 3.80. The van der Waals surface area contributed by atoms with E-state index in [9.17, 15) is 34.5 Å². The molecule has 0 aromatic heterocycles. The van der Waals surface area contributed by atoms with Gasteiger partial charge in [-0.05, 0) is 23.3 Å². The Labute approximate surface area is 135 Å². The number of rotatable bonds is 5. The average molecular weight is 332 g/mol. The first-order chi connectivity index (χ1) is 11.2. The van der Waals surface area contributed by atoms with Crippen molar-refractivity contribution in [1.29, 1.82) is 0 Å². The Balaban J connectivity index is 2.68. The first-order valence-corrected chi connectivity index (χ1v) is 6.64. The predicted octanol–water partition coefficient (Wildman–Crippen LogP) is 1.19. The van der Waals surface area contributed by atoms with Crippen molar-refractivity contribution < 1.29 is 39.6 Å². The zero-order valence-electron chi connectivity index (χ0n) is 12.0. The standard InChI is InChI=1S/C16H12O8/c17-12(18)9-4-1-3-8(7-9)10-5-2-6-16(14(21)22,15(23)24)11(10)13(19)20/h1-7,11H,(H,17,18)(H,19,20)(H,21,22)(H,23,24). The monoisotopic (exact) mass is 332 g/mol. The van der Waals surface area contributed by atoms with Crippen molar-refractivity contribution in [1.82, 2.24) is 0 Å². The van der Waals surface area contributed by atoms with Gasteiger partial charge in [-0.1, -0.05) is 30.4 Å². The summed E-state index contributed by atoms with van der Waals surface area (Å²) in [5.41, 5.74) is -2.80. The molecule has 8 heteroatoms. The molecule has 0 radical (unpaired) electrons. The van der Waals surface area contributed by atoms with E-state index in [1.54, 1.807) is 0 Å². The lowest BCUT2D eigenvalue weighted by Crippen LogP contribution is -2.48. The lowest BCUT2D eigenvalue weighted by molar-refractivity contribution is -0.168. The molecule has 0 fully saturated rings. The van der Waals surface area contributed by atoms with Crippen molar-refractivity contribution in [3.05, 3.63) is 53.6 Å². The summed E-state index contributed by atoms with van der Waals surface area (Å²) >= 11 is 0. The van der Waals surface area contributed by atoms with E-state index in [4.69, 9.17) is 5.11 Å². The molecule has 4 N–H and O–H groups in total. The van der Waals surface area contributed by atoms with Crippen LogP contribution in [0.3, 0.4) is 0 Å². The molecule has 1 unspecified atom stereocenters. The fourth-order valence-electron chi connectivity index (χ4n) is 2.64. The first-order valence-electron chi connectivity index (χ1n) is 6.64. The van der Waals surface area contributed by atoms with Crippen LogP contribution in [0, 0.1) is 11.3 Å². The minimum Gasteiger partial charge on any atom is -0.481 e. The van der Waals surface area contributed by atoms with Crippen LogP contribution < -0.4 is 0 Å². The van der Waals surface area contributed by atoms with Crippen LogP contribution in [0.5, 0.6) is 0 Å². The van der Waals surface area contributed by atoms with Gasteiger partial charge in [-0.3, -0.25) is 14.4 Å². The molecule has 2 rings (SSSR count). The molecule has 1 aromatic rings. The largest absolute Gasteiger partial charge is 0.481 e. The first kappa shape index (κ1) is 16.9. The predicted molar refractivity (Wildman–Crippen MR) is 79.3 cm³/mol. The minimum absolute atomic E-state index is 0.0992. The van der Waals surface area contributed by atoms with Crippen molar-refractivity contribution in [3.63, 3.8) is 0 Å². The van der Waals surface area contributed by atoms with Crippen LogP contribution in [0.4, 0.5) is 0 Å². The van der Waals surface area contributed by atoms with E-state index in [0.717, 1.165) is 18.2 Å².